The number of ether oxygens (including phenoxy) is 1. The average Bonchev–Trinajstić information content (AvgIpc) is 2.56. The van der Waals surface area contributed by atoms with Crippen LogP contribution in [0.1, 0.15) is 25.5 Å². The molecule has 2 aromatic rings. The van der Waals surface area contributed by atoms with Crippen molar-refractivity contribution in [1.82, 2.24) is 5.32 Å². The predicted molar refractivity (Wildman–Crippen MR) is 99.3 cm³/mol. The zero-order chi connectivity index (χ0) is 18.4. The van der Waals surface area contributed by atoms with Crippen LogP contribution in [0, 0.1) is 0 Å². The van der Waals surface area contributed by atoms with Crippen LogP contribution in [0.4, 0.5) is 5.69 Å². The van der Waals surface area contributed by atoms with Crippen LogP contribution in [0.2, 0.25) is 10.0 Å². The smallest absolute Gasteiger partial charge is 0.258 e. The van der Waals surface area contributed by atoms with E-state index in [4.69, 9.17) is 27.9 Å². The molecule has 0 aromatic heterocycles. The zero-order valence-electron chi connectivity index (χ0n) is 13.8. The fourth-order valence-corrected chi connectivity index (χ4v) is 2.44. The first kappa shape index (κ1) is 19.1. The normalized spacial score (nSPS) is 11.5. The minimum absolute atomic E-state index is 0.120. The number of hydrogen-bond acceptors (Lipinski definition) is 3. The van der Waals surface area contributed by atoms with Gasteiger partial charge in [-0.05, 0) is 48.9 Å². The molecule has 0 aliphatic rings. The Morgan fingerprint density at radius 2 is 1.76 bits per heavy atom. The second-order valence-electron chi connectivity index (χ2n) is 5.46. The lowest BCUT2D eigenvalue weighted by atomic mass is 10.1. The van der Waals surface area contributed by atoms with Gasteiger partial charge in [0, 0.05) is 12.6 Å². The Morgan fingerprint density at radius 3 is 2.36 bits per heavy atom. The molecule has 2 aromatic carbocycles. The van der Waals surface area contributed by atoms with Crippen molar-refractivity contribution in [3.05, 3.63) is 58.1 Å². The van der Waals surface area contributed by atoms with E-state index in [-0.39, 0.29) is 24.5 Å². The number of carbonyl (C=O) groups excluding carboxylic acids is 2. The number of halogens is 2. The summed E-state index contributed by atoms with van der Waals surface area (Å²) >= 11 is 11.9. The molecule has 132 valence electrons. The summed E-state index contributed by atoms with van der Waals surface area (Å²) in [7, 11) is 0. The number of hydrogen-bond donors (Lipinski definition) is 2. The number of rotatable bonds is 6. The quantitative estimate of drug-likeness (QED) is 0.788. The van der Waals surface area contributed by atoms with Gasteiger partial charge < -0.3 is 15.4 Å². The van der Waals surface area contributed by atoms with Gasteiger partial charge in [0.15, 0.2) is 6.61 Å². The van der Waals surface area contributed by atoms with E-state index in [1.807, 2.05) is 6.92 Å². The summed E-state index contributed by atoms with van der Waals surface area (Å²) in [5, 5.41) is 6.39. The van der Waals surface area contributed by atoms with Crippen molar-refractivity contribution < 1.29 is 14.3 Å². The van der Waals surface area contributed by atoms with Crippen molar-refractivity contribution in [2.24, 2.45) is 0 Å². The maximum atomic E-state index is 12.0. The SMILES string of the molecule is CC(=O)Nc1ccc(OCC(=O)N[C@@H](C)c2ccc(Cl)c(Cl)c2)cc1. The number of carbonyl (C=O) groups is 2. The molecule has 0 aliphatic heterocycles. The molecule has 0 saturated heterocycles. The Labute approximate surface area is 156 Å². The fraction of sp³-hybridized carbons (Fsp3) is 0.222. The van der Waals surface area contributed by atoms with Crippen LogP contribution in [-0.2, 0) is 9.59 Å². The van der Waals surface area contributed by atoms with Gasteiger partial charge in [-0.1, -0.05) is 29.3 Å². The van der Waals surface area contributed by atoms with Crippen LogP contribution in [0.5, 0.6) is 5.75 Å². The molecule has 0 unspecified atom stereocenters. The Kier molecular flexibility index (Phi) is 6.67. The van der Waals surface area contributed by atoms with E-state index in [2.05, 4.69) is 10.6 Å². The van der Waals surface area contributed by atoms with Crippen LogP contribution in [-0.4, -0.2) is 18.4 Å². The highest BCUT2D eigenvalue weighted by molar-refractivity contribution is 6.42. The molecule has 25 heavy (non-hydrogen) atoms. The Hall–Kier alpha value is -2.24. The number of benzene rings is 2. The van der Waals surface area contributed by atoms with Crippen LogP contribution < -0.4 is 15.4 Å². The highest BCUT2D eigenvalue weighted by Gasteiger charge is 2.11. The highest BCUT2D eigenvalue weighted by Crippen LogP contribution is 2.25. The molecule has 2 rings (SSSR count). The number of anilines is 1. The highest BCUT2D eigenvalue weighted by atomic mass is 35.5. The molecule has 2 N–H and O–H groups in total. The van der Waals surface area contributed by atoms with E-state index < -0.39 is 0 Å². The van der Waals surface area contributed by atoms with Gasteiger partial charge in [0.25, 0.3) is 5.91 Å². The first-order chi connectivity index (χ1) is 11.8. The third kappa shape index (κ3) is 5.96. The minimum Gasteiger partial charge on any atom is -0.484 e. The predicted octanol–water partition coefficient (Wildman–Crippen LogP) is 4.21. The average molecular weight is 381 g/mol. The van der Waals surface area contributed by atoms with Gasteiger partial charge in [-0.2, -0.15) is 0 Å². The van der Waals surface area contributed by atoms with Crippen molar-refractivity contribution >= 4 is 40.7 Å². The van der Waals surface area contributed by atoms with Gasteiger partial charge in [0.1, 0.15) is 5.75 Å². The molecule has 0 bridgehead atoms. The van der Waals surface area contributed by atoms with Gasteiger partial charge in [-0.25, -0.2) is 0 Å². The maximum absolute atomic E-state index is 12.0. The number of amides is 2. The van der Waals surface area contributed by atoms with Gasteiger partial charge in [0.2, 0.25) is 5.91 Å². The van der Waals surface area contributed by atoms with E-state index in [1.165, 1.54) is 6.92 Å². The Morgan fingerprint density at radius 1 is 1.08 bits per heavy atom. The van der Waals surface area contributed by atoms with Crippen LogP contribution in [0.15, 0.2) is 42.5 Å². The largest absolute Gasteiger partial charge is 0.484 e. The second-order valence-corrected chi connectivity index (χ2v) is 6.27. The molecule has 0 heterocycles. The summed E-state index contributed by atoms with van der Waals surface area (Å²) in [6.07, 6.45) is 0. The molecule has 0 radical (unpaired) electrons. The van der Waals surface area contributed by atoms with Crippen LogP contribution >= 0.6 is 23.2 Å². The molecule has 0 spiro atoms. The molecule has 0 saturated carbocycles. The third-order valence-corrected chi connectivity index (χ3v) is 4.10. The summed E-state index contributed by atoms with van der Waals surface area (Å²) < 4.78 is 5.44. The van der Waals surface area contributed by atoms with Crippen molar-refractivity contribution in [3.63, 3.8) is 0 Å². The minimum atomic E-state index is -0.260. The second kappa shape index (κ2) is 8.74. The van der Waals surface area contributed by atoms with E-state index in [0.29, 0.717) is 21.5 Å². The van der Waals surface area contributed by atoms with Crippen LogP contribution in [0.25, 0.3) is 0 Å². The monoisotopic (exact) mass is 380 g/mol. The van der Waals surface area contributed by atoms with Gasteiger partial charge in [-0.15, -0.1) is 0 Å². The molecule has 0 aliphatic carbocycles. The van der Waals surface area contributed by atoms with E-state index in [0.717, 1.165) is 5.56 Å². The topological polar surface area (TPSA) is 67.4 Å². The van der Waals surface area contributed by atoms with E-state index in [9.17, 15) is 9.59 Å². The molecule has 1 atom stereocenters. The van der Waals surface area contributed by atoms with Gasteiger partial charge in [-0.3, -0.25) is 9.59 Å². The van der Waals surface area contributed by atoms with Gasteiger partial charge >= 0.3 is 0 Å². The molecule has 2 amide bonds. The first-order valence-electron chi connectivity index (χ1n) is 7.60. The standard InChI is InChI=1S/C18H18Cl2N2O3/c1-11(13-3-8-16(19)17(20)9-13)21-18(24)10-25-15-6-4-14(5-7-15)22-12(2)23/h3-9,11H,10H2,1-2H3,(H,21,24)(H,22,23)/t11-/m0/s1. The first-order valence-corrected chi connectivity index (χ1v) is 8.35. The molecule has 0 fully saturated rings. The summed E-state index contributed by atoms with van der Waals surface area (Å²) in [4.78, 5) is 23.0. The number of nitrogens with one attached hydrogen (secondary N) is 2. The fourth-order valence-electron chi connectivity index (χ4n) is 2.13. The lowest BCUT2D eigenvalue weighted by molar-refractivity contribution is -0.123. The van der Waals surface area contributed by atoms with Crippen LogP contribution in [0.3, 0.4) is 0 Å². The lowest BCUT2D eigenvalue weighted by Crippen LogP contribution is -2.31. The van der Waals surface area contributed by atoms with Crippen molar-refractivity contribution in [2.45, 2.75) is 19.9 Å². The molecule has 5 nitrogen and oxygen atoms in total. The van der Waals surface area contributed by atoms with E-state index in [1.54, 1.807) is 42.5 Å². The van der Waals surface area contributed by atoms with Gasteiger partial charge in [0.05, 0.1) is 16.1 Å². The van der Waals surface area contributed by atoms with Crippen molar-refractivity contribution in [2.75, 3.05) is 11.9 Å². The summed E-state index contributed by atoms with van der Waals surface area (Å²) in [6.45, 7) is 3.16. The van der Waals surface area contributed by atoms with Crippen molar-refractivity contribution in [3.8, 4) is 5.75 Å². The molecule has 7 heteroatoms. The van der Waals surface area contributed by atoms with E-state index >= 15 is 0 Å². The summed E-state index contributed by atoms with van der Waals surface area (Å²) in [6, 6.07) is 11.8. The Balaban J connectivity index is 1.85. The molecular formula is C18H18Cl2N2O3. The zero-order valence-corrected chi connectivity index (χ0v) is 15.3. The summed E-state index contributed by atoms with van der Waals surface area (Å²) in [5.74, 6) is 0.125. The lowest BCUT2D eigenvalue weighted by Gasteiger charge is -2.15. The van der Waals surface area contributed by atoms with Crippen molar-refractivity contribution in [1.29, 1.82) is 0 Å². The third-order valence-electron chi connectivity index (χ3n) is 3.37. The maximum Gasteiger partial charge on any atom is 0.258 e. The Bertz CT molecular complexity index is 763. The molecular weight excluding hydrogens is 363 g/mol. The summed E-state index contributed by atoms with van der Waals surface area (Å²) in [5.41, 5.74) is 1.51.